The van der Waals surface area contributed by atoms with Gasteiger partial charge < -0.3 is 15.2 Å². The second-order valence-electron chi connectivity index (χ2n) is 4.63. The zero-order valence-electron chi connectivity index (χ0n) is 11.5. The average Bonchev–Trinajstić information content (AvgIpc) is 2.36. The van der Waals surface area contributed by atoms with Crippen LogP contribution in [-0.4, -0.2) is 25.4 Å². The van der Waals surface area contributed by atoms with E-state index in [4.69, 9.17) is 9.84 Å². The Morgan fingerprint density at radius 3 is 2.67 bits per heavy atom. The van der Waals surface area contributed by atoms with E-state index in [0.717, 1.165) is 44.6 Å². The Morgan fingerprint density at radius 1 is 1.17 bits per heavy atom. The summed E-state index contributed by atoms with van der Waals surface area (Å²) in [4.78, 5) is 0. The molecule has 0 aliphatic carbocycles. The summed E-state index contributed by atoms with van der Waals surface area (Å²) in [6.45, 7) is 3.98. The summed E-state index contributed by atoms with van der Waals surface area (Å²) < 4.78 is 5.82. The van der Waals surface area contributed by atoms with Crippen LogP contribution in [-0.2, 0) is 6.54 Å². The monoisotopic (exact) mass is 251 g/mol. The van der Waals surface area contributed by atoms with Gasteiger partial charge in [-0.2, -0.15) is 0 Å². The Morgan fingerprint density at radius 2 is 1.94 bits per heavy atom. The maximum absolute atomic E-state index is 8.68. The third kappa shape index (κ3) is 5.52. The van der Waals surface area contributed by atoms with Crippen LogP contribution in [0.1, 0.15) is 36.8 Å². The standard InChI is InChI=1S/C15H25NO2/c1-13-7-8-15(14(11-13)12-16-2)18-10-6-4-3-5-9-17/h7-8,11,16-17H,3-6,9-10,12H2,1-2H3. The van der Waals surface area contributed by atoms with E-state index >= 15 is 0 Å². The molecule has 102 valence electrons. The average molecular weight is 251 g/mol. The lowest BCUT2D eigenvalue weighted by Crippen LogP contribution is -2.08. The van der Waals surface area contributed by atoms with Gasteiger partial charge in [0.25, 0.3) is 0 Å². The molecule has 0 radical (unpaired) electrons. The predicted octanol–water partition coefficient (Wildman–Crippen LogP) is 2.65. The second-order valence-corrected chi connectivity index (χ2v) is 4.63. The number of ether oxygens (including phenoxy) is 1. The minimum absolute atomic E-state index is 0.297. The van der Waals surface area contributed by atoms with Gasteiger partial charge in [0.2, 0.25) is 0 Å². The number of hydrogen-bond acceptors (Lipinski definition) is 3. The Kier molecular flexibility index (Phi) is 7.46. The van der Waals surface area contributed by atoms with Gasteiger partial charge in [-0.3, -0.25) is 0 Å². The van der Waals surface area contributed by atoms with Crippen molar-refractivity contribution in [1.29, 1.82) is 0 Å². The van der Waals surface area contributed by atoms with E-state index in [1.807, 2.05) is 7.05 Å². The third-order valence-corrected chi connectivity index (χ3v) is 2.89. The van der Waals surface area contributed by atoms with Gasteiger partial charge in [0.1, 0.15) is 5.75 Å². The number of benzene rings is 1. The van der Waals surface area contributed by atoms with Crippen molar-refractivity contribution in [2.75, 3.05) is 20.3 Å². The summed E-state index contributed by atoms with van der Waals surface area (Å²) in [5, 5.41) is 11.8. The number of rotatable bonds is 9. The quantitative estimate of drug-likeness (QED) is 0.663. The fraction of sp³-hybridized carbons (Fsp3) is 0.600. The molecule has 1 rings (SSSR count). The topological polar surface area (TPSA) is 41.5 Å². The molecule has 0 aliphatic rings. The van der Waals surface area contributed by atoms with Gasteiger partial charge in [-0.15, -0.1) is 0 Å². The van der Waals surface area contributed by atoms with Crippen molar-refractivity contribution in [1.82, 2.24) is 5.32 Å². The van der Waals surface area contributed by atoms with Crippen LogP contribution in [0.25, 0.3) is 0 Å². The second kappa shape index (κ2) is 8.95. The Bertz CT molecular complexity index is 339. The molecule has 0 amide bonds. The lowest BCUT2D eigenvalue weighted by molar-refractivity contribution is 0.272. The number of aliphatic hydroxyl groups is 1. The smallest absolute Gasteiger partial charge is 0.123 e. The van der Waals surface area contributed by atoms with E-state index in [2.05, 4.69) is 30.4 Å². The molecule has 0 aliphatic heterocycles. The molecular formula is C15H25NO2. The zero-order valence-corrected chi connectivity index (χ0v) is 11.5. The van der Waals surface area contributed by atoms with Gasteiger partial charge >= 0.3 is 0 Å². The van der Waals surface area contributed by atoms with E-state index in [9.17, 15) is 0 Å². The number of hydrogen-bond donors (Lipinski definition) is 2. The number of aryl methyl sites for hydroxylation is 1. The van der Waals surface area contributed by atoms with Crippen LogP contribution in [0.5, 0.6) is 5.75 Å². The van der Waals surface area contributed by atoms with Crippen molar-refractivity contribution in [3.8, 4) is 5.75 Å². The molecule has 1 aromatic rings. The van der Waals surface area contributed by atoms with Gasteiger partial charge in [-0.25, -0.2) is 0 Å². The highest BCUT2D eigenvalue weighted by Gasteiger charge is 2.03. The molecule has 3 nitrogen and oxygen atoms in total. The molecule has 0 heterocycles. The molecule has 0 atom stereocenters. The van der Waals surface area contributed by atoms with Gasteiger partial charge in [0, 0.05) is 18.7 Å². The van der Waals surface area contributed by atoms with Gasteiger partial charge in [0.15, 0.2) is 0 Å². The molecule has 0 unspecified atom stereocenters. The molecule has 1 aromatic carbocycles. The molecule has 0 bridgehead atoms. The van der Waals surface area contributed by atoms with E-state index in [1.54, 1.807) is 0 Å². The maximum Gasteiger partial charge on any atom is 0.123 e. The SMILES string of the molecule is CNCc1cc(C)ccc1OCCCCCCO. The van der Waals surface area contributed by atoms with Gasteiger partial charge in [0.05, 0.1) is 6.61 Å². The van der Waals surface area contributed by atoms with E-state index in [-0.39, 0.29) is 0 Å². The lowest BCUT2D eigenvalue weighted by Gasteiger charge is -2.12. The highest BCUT2D eigenvalue weighted by atomic mass is 16.5. The summed E-state index contributed by atoms with van der Waals surface area (Å²) in [6, 6.07) is 6.30. The summed E-state index contributed by atoms with van der Waals surface area (Å²) in [7, 11) is 1.95. The third-order valence-electron chi connectivity index (χ3n) is 2.89. The molecule has 0 saturated heterocycles. The van der Waals surface area contributed by atoms with Gasteiger partial charge in [-0.1, -0.05) is 24.1 Å². The van der Waals surface area contributed by atoms with E-state index in [1.165, 1.54) is 11.1 Å². The molecule has 2 N–H and O–H groups in total. The van der Waals surface area contributed by atoms with Crippen molar-refractivity contribution in [3.05, 3.63) is 29.3 Å². The number of aliphatic hydroxyl groups excluding tert-OH is 1. The van der Waals surface area contributed by atoms with Crippen LogP contribution >= 0.6 is 0 Å². The van der Waals surface area contributed by atoms with Crippen LogP contribution in [0.4, 0.5) is 0 Å². The van der Waals surface area contributed by atoms with Crippen molar-refractivity contribution < 1.29 is 9.84 Å². The molecule has 0 fully saturated rings. The van der Waals surface area contributed by atoms with Crippen LogP contribution in [0.3, 0.4) is 0 Å². The minimum atomic E-state index is 0.297. The Balaban J connectivity index is 2.36. The van der Waals surface area contributed by atoms with Crippen molar-refractivity contribution in [3.63, 3.8) is 0 Å². The first-order chi connectivity index (χ1) is 8.77. The molecule has 3 heteroatoms. The minimum Gasteiger partial charge on any atom is -0.493 e. The Hall–Kier alpha value is -1.06. The molecule has 0 spiro atoms. The first-order valence-electron chi connectivity index (χ1n) is 6.75. The largest absolute Gasteiger partial charge is 0.493 e. The molecule has 0 aromatic heterocycles. The molecule has 0 saturated carbocycles. The highest BCUT2D eigenvalue weighted by molar-refractivity contribution is 5.36. The summed E-state index contributed by atoms with van der Waals surface area (Å²) in [5.74, 6) is 0.983. The fourth-order valence-electron chi connectivity index (χ4n) is 1.93. The van der Waals surface area contributed by atoms with Crippen LogP contribution in [0, 0.1) is 6.92 Å². The molecular weight excluding hydrogens is 226 g/mol. The van der Waals surface area contributed by atoms with Crippen molar-refractivity contribution in [2.45, 2.75) is 39.2 Å². The first-order valence-corrected chi connectivity index (χ1v) is 6.75. The van der Waals surface area contributed by atoms with Crippen molar-refractivity contribution in [2.24, 2.45) is 0 Å². The zero-order chi connectivity index (χ0) is 13.2. The van der Waals surface area contributed by atoms with Gasteiger partial charge in [-0.05, 0) is 39.3 Å². The Labute approximate surface area is 110 Å². The van der Waals surface area contributed by atoms with Crippen LogP contribution < -0.4 is 10.1 Å². The lowest BCUT2D eigenvalue weighted by atomic mass is 10.1. The summed E-state index contributed by atoms with van der Waals surface area (Å²) >= 11 is 0. The fourth-order valence-corrected chi connectivity index (χ4v) is 1.93. The molecule has 18 heavy (non-hydrogen) atoms. The van der Waals surface area contributed by atoms with Crippen molar-refractivity contribution >= 4 is 0 Å². The summed E-state index contributed by atoms with van der Waals surface area (Å²) in [5.41, 5.74) is 2.48. The summed E-state index contributed by atoms with van der Waals surface area (Å²) in [6.07, 6.45) is 4.15. The normalized spacial score (nSPS) is 10.6. The van der Waals surface area contributed by atoms with Crippen LogP contribution in [0.15, 0.2) is 18.2 Å². The predicted molar refractivity (Wildman–Crippen MR) is 75.0 cm³/mol. The highest BCUT2D eigenvalue weighted by Crippen LogP contribution is 2.20. The van der Waals surface area contributed by atoms with E-state index < -0.39 is 0 Å². The van der Waals surface area contributed by atoms with Crippen LogP contribution in [0.2, 0.25) is 0 Å². The first kappa shape index (κ1) is 15.0. The number of unbranched alkanes of at least 4 members (excludes halogenated alkanes) is 3. The number of nitrogens with one attached hydrogen (secondary N) is 1. The maximum atomic E-state index is 8.68. The van der Waals surface area contributed by atoms with E-state index in [0.29, 0.717) is 6.61 Å².